The van der Waals surface area contributed by atoms with E-state index < -0.39 is 6.43 Å². The molecule has 0 radical (unpaired) electrons. The third-order valence-corrected chi connectivity index (χ3v) is 2.35. The fraction of sp³-hybridized carbons (Fsp3) is 0.222. The molecule has 3 nitrogen and oxygen atoms in total. The zero-order chi connectivity index (χ0) is 11.4. The summed E-state index contributed by atoms with van der Waals surface area (Å²) in [4.78, 5) is 14.2. The summed E-state index contributed by atoms with van der Waals surface area (Å²) in [5.74, 6) is 0. The van der Waals surface area contributed by atoms with E-state index in [2.05, 4.69) is 20.9 Å². The van der Waals surface area contributed by atoms with Gasteiger partial charge in [0, 0.05) is 16.5 Å². The molecule has 0 aliphatic carbocycles. The van der Waals surface area contributed by atoms with Crippen LogP contribution in [0.1, 0.15) is 33.7 Å². The molecule has 15 heavy (non-hydrogen) atoms. The van der Waals surface area contributed by atoms with Gasteiger partial charge in [0.1, 0.15) is 17.5 Å². The van der Waals surface area contributed by atoms with Crippen molar-refractivity contribution < 1.29 is 13.6 Å². The van der Waals surface area contributed by atoms with Crippen LogP contribution in [-0.4, -0.2) is 11.3 Å². The Labute approximate surface area is 92.9 Å². The van der Waals surface area contributed by atoms with Crippen LogP contribution >= 0.6 is 15.9 Å². The van der Waals surface area contributed by atoms with Gasteiger partial charge in [-0.2, -0.15) is 5.26 Å². The van der Waals surface area contributed by atoms with Crippen molar-refractivity contribution in [2.24, 2.45) is 0 Å². The van der Waals surface area contributed by atoms with Crippen LogP contribution in [-0.2, 0) is 5.33 Å². The molecule has 0 spiro atoms. The molecule has 0 bridgehead atoms. The first kappa shape index (κ1) is 11.7. The van der Waals surface area contributed by atoms with Crippen LogP contribution in [0.5, 0.6) is 0 Å². The fourth-order valence-corrected chi connectivity index (χ4v) is 1.72. The van der Waals surface area contributed by atoms with Gasteiger partial charge >= 0.3 is 0 Å². The Kier molecular flexibility index (Phi) is 3.86. The molecule has 0 fully saturated rings. The van der Waals surface area contributed by atoms with Crippen molar-refractivity contribution in [1.29, 1.82) is 5.26 Å². The van der Waals surface area contributed by atoms with Gasteiger partial charge in [-0.25, -0.2) is 13.8 Å². The van der Waals surface area contributed by atoms with Crippen molar-refractivity contribution in [3.8, 4) is 6.07 Å². The highest BCUT2D eigenvalue weighted by atomic mass is 79.9. The number of nitriles is 1. The molecular weight excluding hydrogens is 270 g/mol. The first-order chi connectivity index (χ1) is 7.13. The molecule has 0 aromatic carbocycles. The molecule has 1 aromatic rings. The number of pyridine rings is 1. The standard InChI is InChI=1S/C9H5BrF2N2O/c10-2-7-6(9(11)12)1-5(3-13)14-8(7)4-15/h1,4,9H,2H2. The minimum Gasteiger partial charge on any atom is -0.296 e. The van der Waals surface area contributed by atoms with E-state index in [0.717, 1.165) is 6.07 Å². The predicted octanol–water partition coefficient (Wildman–Crippen LogP) is 2.60. The second-order valence-electron chi connectivity index (χ2n) is 2.62. The van der Waals surface area contributed by atoms with Crippen LogP contribution in [0.15, 0.2) is 6.07 Å². The van der Waals surface area contributed by atoms with Crippen molar-refractivity contribution in [3.05, 3.63) is 28.6 Å². The van der Waals surface area contributed by atoms with Crippen LogP contribution in [0.2, 0.25) is 0 Å². The molecule has 1 heterocycles. The van der Waals surface area contributed by atoms with E-state index in [-0.39, 0.29) is 27.8 Å². The van der Waals surface area contributed by atoms with E-state index in [1.54, 1.807) is 6.07 Å². The van der Waals surface area contributed by atoms with Gasteiger partial charge in [-0.1, -0.05) is 15.9 Å². The van der Waals surface area contributed by atoms with Gasteiger partial charge in [-0.15, -0.1) is 0 Å². The maximum absolute atomic E-state index is 12.6. The number of carbonyl (C=O) groups excluding carboxylic acids is 1. The highest BCUT2D eigenvalue weighted by molar-refractivity contribution is 9.08. The van der Waals surface area contributed by atoms with Crippen molar-refractivity contribution in [2.75, 3.05) is 0 Å². The lowest BCUT2D eigenvalue weighted by Crippen LogP contribution is -2.03. The Bertz CT molecular complexity index is 429. The van der Waals surface area contributed by atoms with E-state index >= 15 is 0 Å². The van der Waals surface area contributed by atoms with Gasteiger partial charge < -0.3 is 0 Å². The minimum absolute atomic E-state index is 0.0967. The Morgan fingerprint density at radius 3 is 2.73 bits per heavy atom. The second-order valence-corrected chi connectivity index (χ2v) is 3.19. The molecular formula is C9H5BrF2N2O. The molecule has 6 heteroatoms. The maximum atomic E-state index is 12.6. The third-order valence-electron chi connectivity index (χ3n) is 1.79. The highest BCUT2D eigenvalue weighted by Gasteiger charge is 2.18. The summed E-state index contributed by atoms with van der Waals surface area (Å²) < 4.78 is 25.1. The molecule has 0 saturated carbocycles. The number of aldehydes is 1. The summed E-state index contributed by atoms with van der Waals surface area (Å²) in [6.07, 6.45) is -2.37. The second kappa shape index (κ2) is 4.94. The first-order valence-corrected chi connectivity index (χ1v) is 4.99. The summed E-state index contributed by atoms with van der Waals surface area (Å²) in [6.45, 7) is 0. The summed E-state index contributed by atoms with van der Waals surface area (Å²) >= 11 is 3.00. The predicted molar refractivity (Wildman–Crippen MR) is 51.9 cm³/mol. The van der Waals surface area contributed by atoms with Crippen LogP contribution in [0, 0.1) is 11.3 Å². The molecule has 0 N–H and O–H groups in total. The largest absolute Gasteiger partial charge is 0.296 e. The Balaban J connectivity index is 3.47. The van der Waals surface area contributed by atoms with Gasteiger partial charge in [-0.05, 0) is 6.07 Å². The van der Waals surface area contributed by atoms with Gasteiger partial charge in [0.25, 0.3) is 6.43 Å². The Morgan fingerprint density at radius 2 is 2.33 bits per heavy atom. The summed E-state index contributed by atoms with van der Waals surface area (Å²) in [7, 11) is 0. The van der Waals surface area contributed by atoms with Crippen molar-refractivity contribution in [1.82, 2.24) is 4.98 Å². The normalized spacial score (nSPS) is 10.1. The molecule has 0 atom stereocenters. The molecule has 0 saturated heterocycles. The fourth-order valence-electron chi connectivity index (χ4n) is 1.11. The Hall–Kier alpha value is -1.35. The van der Waals surface area contributed by atoms with Gasteiger partial charge in [0.2, 0.25) is 0 Å². The Morgan fingerprint density at radius 1 is 1.67 bits per heavy atom. The van der Waals surface area contributed by atoms with E-state index in [1.807, 2.05) is 0 Å². The number of aromatic nitrogens is 1. The number of hydrogen-bond acceptors (Lipinski definition) is 3. The maximum Gasteiger partial charge on any atom is 0.264 e. The SMILES string of the molecule is N#Cc1cc(C(F)F)c(CBr)c(C=O)n1. The van der Waals surface area contributed by atoms with Crippen LogP contribution < -0.4 is 0 Å². The molecule has 0 aliphatic rings. The molecule has 1 rings (SSSR count). The third kappa shape index (κ3) is 2.36. The number of halogens is 3. The summed E-state index contributed by atoms with van der Waals surface area (Å²) in [5, 5.41) is 8.64. The minimum atomic E-state index is -2.73. The summed E-state index contributed by atoms with van der Waals surface area (Å²) in [6, 6.07) is 2.62. The van der Waals surface area contributed by atoms with E-state index in [1.165, 1.54) is 0 Å². The number of carbonyl (C=O) groups is 1. The lowest BCUT2D eigenvalue weighted by molar-refractivity contribution is 0.111. The van der Waals surface area contributed by atoms with E-state index in [9.17, 15) is 13.6 Å². The number of rotatable bonds is 3. The monoisotopic (exact) mass is 274 g/mol. The van der Waals surface area contributed by atoms with Crippen LogP contribution in [0.3, 0.4) is 0 Å². The van der Waals surface area contributed by atoms with E-state index in [0.29, 0.717) is 6.29 Å². The van der Waals surface area contributed by atoms with Gasteiger partial charge in [0.15, 0.2) is 6.29 Å². The molecule has 78 valence electrons. The zero-order valence-corrected chi connectivity index (χ0v) is 8.96. The lowest BCUT2D eigenvalue weighted by atomic mass is 10.1. The lowest BCUT2D eigenvalue weighted by Gasteiger charge is -2.08. The van der Waals surface area contributed by atoms with Gasteiger partial charge in [0.05, 0.1) is 0 Å². The van der Waals surface area contributed by atoms with Crippen LogP contribution in [0.4, 0.5) is 8.78 Å². The topological polar surface area (TPSA) is 53.8 Å². The average Bonchev–Trinajstić information content (AvgIpc) is 2.26. The smallest absolute Gasteiger partial charge is 0.264 e. The van der Waals surface area contributed by atoms with Crippen molar-refractivity contribution >= 4 is 22.2 Å². The van der Waals surface area contributed by atoms with Crippen molar-refractivity contribution in [2.45, 2.75) is 11.8 Å². The number of hydrogen-bond donors (Lipinski definition) is 0. The number of nitrogens with zero attached hydrogens (tertiary/aromatic N) is 2. The van der Waals surface area contributed by atoms with Gasteiger partial charge in [-0.3, -0.25) is 4.79 Å². The quantitative estimate of drug-likeness (QED) is 0.629. The highest BCUT2D eigenvalue weighted by Crippen LogP contribution is 2.26. The molecule has 0 amide bonds. The van der Waals surface area contributed by atoms with Crippen LogP contribution in [0.25, 0.3) is 0 Å². The molecule has 0 unspecified atom stereocenters. The first-order valence-electron chi connectivity index (χ1n) is 3.87. The summed E-state index contributed by atoms with van der Waals surface area (Å²) in [5.41, 5.74) is -0.516. The average molecular weight is 275 g/mol. The molecule has 0 aliphatic heterocycles. The van der Waals surface area contributed by atoms with E-state index in [4.69, 9.17) is 5.26 Å². The molecule has 1 aromatic heterocycles. The zero-order valence-electron chi connectivity index (χ0n) is 7.38. The number of alkyl halides is 3. The van der Waals surface area contributed by atoms with Crippen molar-refractivity contribution in [3.63, 3.8) is 0 Å².